The fraction of sp³-hybridized carbons (Fsp3) is 0.200. The Hall–Kier alpha value is -2.16. The Kier molecular flexibility index (Phi) is 2.59. The van der Waals surface area contributed by atoms with Crippen molar-refractivity contribution in [3.8, 4) is 0 Å². The molecule has 0 amide bonds. The Morgan fingerprint density at radius 3 is 2.56 bits per heavy atom. The lowest BCUT2D eigenvalue weighted by Crippen LogP contribution is -2.37. The van der Waals surface area contributed by atoms with Gasteiger partial charge in [0.25, 0.3) is 0 Å². The molecule has 0 saturated carbocycles. The first-order valence-electron chi connectivity index (χ1n) is 5.99. The van der Waals surface area contributed by atoms with Gasteiger partial charge in [-0.05, 0) is 36.4 Å². The van der Waals surface area contributed by atoms with E-state index in [1.54, 1.807) is 12.2 Å². The maximum Gasteiger partial charge on any atom is 0.217 e. The van der Waals surface area contributed by atoms with E-state index in [4.69, 9.17) is 4.74 Å². The van der Waals surface area contributed by atoms with Crippen LogP contribution in [0.2, 0.25) is 0 Å². The first-order chi connectivity index (χ1) is 8.77. The Labute approximate surface area is 105 Å². The molecule has 0 unspecified atom stereocenters. The summed E-state index contributed by atoms with van der Waals surface area (Å²) in [6, 6.07) is 9.82. The fourth-order valence-corrected chi connectivity index (χ4v) is 2.12. The van der Waals surface area contributed by atoms with Gasteiger partial charge in [-0.25, -0.2) is 0 Å². The lowest BCUT2D eigenvalue weighted by atomic mass is 9.92. The van der Waals surface area contributed by atoms with E-state index in [0.29, 0.717) is 12.4 Å². The summed E-state index contributed by atoms with van der Waals surface area (Å²) >= 11 is 0. The molecule has 0 saturated heterocycles. The molecule has 0 fully saturated rings. The zero-order chi connectivity index (χ0) is 12.4. The maximum atomic E-state index is 11.2. The number of hydrogen-bond acceptors (Lipinski definition) is 3. The van der Waals surface area contributed by atoms with Crippen molar-refractivity contribution in [1.29, 1.82) is 0 Å². The normalized spacial score (nSPS) is 20.7. The second-order valence-electron chi connectivity index (χ2n) is 4.43. The topological polar surface area (TPSA) is 38.7 Å². The van der Waals surface area contributed by atoms with Gasteiger partial charge in [0.2, 0.25) is 5.90 Å². The van der Waals surface area contributed by atoms with Crippen molar-refractivity contribution in [2.24, 2.45) is 4.99 Å². The van der Waals surface area contributed by atoms with Crippen molar-refractivity contribution in [2.75, 3.05) is 6.54 Å². The molecular weight excluding hydrogens is 226 g/mol. The third-order valence-corrected chi connectivity index (χ3v) is 3.12. The minimum Gasteiger partial charge on any atom is -0.462 e. The van der Waals surface area contributed by atoms with Crippen LogP contribution in [0, 0.1) is 0 Å². The SMILES string of the molecule is O=C1C=CC2(C=C1)CCN=C(c1ccccc1)O2. The summed E-state index contributed by atoms with van der Waals surface area (Å²) in [6.07, 6.45) is 7.55. The summed E-state index contributed by atoms with van der Waals surface area (Å²) in [7, 11) is 0. The third kappa shape index (κ3) is 1.99. The number of ketones is 1. The van der Waals surface area contributed by atoms with E-state index in [1.165, 1.54) is 0 Å². The van der Waals surface area contributed by atoms with Gasteiger partial charge in [-0.1, -0.05) is 18.2 Å². The summed E-state index contributed by atoms with van der Waals surface area (Å²) in [5.41, 5.74) is 0.469. The van der Waals surface area contributed by atoms with E-state index in [0.717, 1.165) is 12.0 Å². The van der Waals surface area contributed by atoms with Crippen LogP contribution in [-0.4, -0.2) is 23.8 Å². The minimum atomic E-state index is -0.499. The standard InChI is InChI=1S/C15H13NO2/c17-13-6-8-15(9-7-13)10-11-16-14(18-15)12-4-2-1-3-5-12/h1-9H,10-11H2. The molecule has 3 nitrogen and oxygen atoms in total. The summed E-state index contributed by atoms with van der Waals surface area (Å²) in [5, 5.41) is 0. The highest BCUT2D eigenvalue weighted by Gasteiger charge is 2.32. The number of aliphatic imine (C=N–C) groups is 1. The molecule has 0 N–H and O–H groups in total. The van der Waals surface area contributed by atoms with Crippen molar-refractivity contribution in [3.05, 3.63) is 60.2 Å². The van der Waals surface area contributed by atoms with Crippen LogP contribution in [0.1, 0.15) is 12.0 Å². The lowest BCUT2D eigenvalue weighted by Gasteiger charge is -2.33. The van der Waals surface area contributed by atoms with E-state index in [2.05, 4.69) is 4.99 Å². The highest BCUT2D eigenvalue weighted by atomic mass is 16.5. The molecule has 1 aromatic rings. The minimum absolute atomic E-state index is 0.00741. The molecule has 1 spiro atoms. The van der Waals surface area contributed by atoms with Crippen molar-refractivity contribution in [2.45, 2.75) is 12.0 Å². The first-order valence-corrected chi connectivity index (χ1v) is 5.99. The second kappa shape index (κ2) is 4.26. The van der Waals surface area contributed by atoms with Gasteiger partial charge in [-0.15, -0.1) is 0 Å². The van der Waals surface area contributed by atoms with E-state index in [-0.39, 0.29) is 5.78 Å². The van der Waals surface area contributed by atoms with Crippen molar-refractivity contribution >= 4 is 11.7 Å². The Morgan fingerprint density at radius 2 is 1.83 bits per heavy atom. The van der Waals surface area contributed by atoms with Crippen LogP contribution >= 0.6 is 0 Å². The molecule has 18 heavy (non-hydrogen) atoms. The molecule has 0 bridgehead atoms. The Balaban J connectivity index is 1.89. The highest BCUT2D eigenvalue weighted by Crippen LogP contribution is 2.28. The van der Waals surface area contributed by atoms with Gasteiger partial charge >= 0.3 is 0 Å². The zero-order valence-electron chi connectivity index (χ0n) is 9.87. The quantitative estimate of drug-likeness (QED) is 0.754. The number of carbonyl (C=O) groups excluding carboxylic acids is 1. The van der Waals surface area contributed by atoms with Gasteiger partial charge in [0.15, 0.2) is 5.78 Å². The molecule has 1 heterocycles. The zero-order valence-corrected chi connectivity index (χ0v) is 9.87. The number of nitrogens with zero attached hydrogens (tertiary/aromatic N) is 1. The van der Waals surface area contributed by atoms with Crippen molar-refractivity contribution in [1.82, 2.24) is 0 Å². The first kappa shape index (κ1) is 11.0. The van der Waals surface area contributed by atoms with Crippen LogP contribution < -0.4 is 0 Å². The summed E-state index contributed by atoms with van der Waals surface area (Å²) in [6.45, 7) is 0.701. The molecule has 0 atom stereocenters. The smallest absolute Gasteiger partial charge is 0.217 e. The molecule has 1 aliphatic carbocycles. The van der Waals surface area contributed by atoms with Crippen LogP contribution in [0.4, 0.5) is 0 Å². The predicted octanol–water partition coefficient (Wildman–Crippen LogP) is 2.29. The van der Waals surface area contributed by atoms with Gasteiger partial charge in [0, 0.05) is 18.5 Å². The largest absolute Gasteiger partial charge is 0.462 e. The van der Waals surface area contributed by atoms with Crippen molar-refractivity contribution in [3.63, 3.8) is 0 Å². The monoisotopic (exact) mass is 239 g/mol. The molecule has 0 radical (unpaired) electrons. The molecular formula is C15H13NO2. The average Bonchev–Trinajstić information content (AvgIpc) is 2.44. The van der Waals surface area contributed by atoms with Gasteiger partial charge in [-0.3, -0.25) is 9.79 Å². The fourth-order valence-electron chi connectivity index (χ4n) is 2.12. The number of allylic oxidation sites excluding steroid dienone is 2. The van der Waals surface area contributed by atoms with Crippen LogP contribution in [-0.2, 0) is 9.53 Å². The van der Waals surface area contributed by atoms with Crippen LogP contribution in [0.5, 0.6) is 0 Å². The van der Waals surface area contributed by atoms with Crippen molar-refractivity contribution < 1.29 is 9.53 Å². The molecule has 3 heteroatoms. The molecule has 3 rings (SSSR count). The second-order valence-corrected chi connectivity index (χ2v) is 4.43. The van der Waals surface area contributed by atoms with E-state index in [9.17, 15) is 4.79 Å². The van der Waals surface area contributed by atoms with Gasteiger partial charge in [0.05, 0.1) is 0 Å². The summed E-state index contributed by atoms with van der Waals surface area (Å²) in [5.74, 6) is 0.651. The average molecular weight is 239 g/mol. The van der Waals surface area contributed by atoms with Gasteiger partial charge in [-0.2, -0.15) is 0 Å². The molecule has 1 aromatic carbocycles. The van der Waals surface area contributed by atoms with Crippen LogP contribution in [0.15, 0.2) is 59.6 Å². The Bertz CT molecular complexity index is 539. The molecule has 1 aliphatic heterocycles. The van der Waals surface area contributed by atoms with E-state index in [1.807, 2.05) is 42.5 Å². The number of ether oxygens (including phenoxy) is 1. The predicted molar refractivity (Wildman–Crippen MR) is 69.6 cm³/mol. The van der Waals surface area contributed by atoms with Gasteiger partial charge in [0.1, 0.15) is 5.60 Å². The number of hydrogen-bond donors (Lipinski definition) is 0. The van der Waals surface area contributed by atoms with E-state index < -0.39 is 5.60 Å². The molecule has 0 aromatic heterocycles. The van der Waals surface area contributed by atoms with Gasteiger partial charge < -0.3 is 4.74 Å². The summed E-state index contributed by atoms with van der Waals surface area (Å²) < 4.78 is 5.97. The van der Waals surface area contributed by atoms with Crippen LogP contribution in [0.25, 0.3) is 0 Å². The van der Waals surface area contributed by atoms with E-state index >= 15 is 0 Å². The lowest BCUT2D eigenvalue weighted by molar-refractivity contribution is -0.110. The Morgan fingerprint density at radius 1 is 1.11 bits per heavy atom. The molecule has 2 aliphatic rings. The molecule has 90 valence electrons. The highest BCUT2D eigenvalue weighted by molar-refractivity contribution is 6.01. The van der Waals surface area contributed by atoms with Crippen LogP contribution in [0.3, 0.4) is 0 Å². The number of rotatable bonds is 1. The number of carbonyl (C=O) groups is 1. The third-order valence-electron chi connectivity index (χ3n) is 3.12. The maximum absolute atomic E-state index is 11.2. The number of benzene rings is 1. The summed E-state index contributed by atoms with van der Waals surface area (Å²) in [4.78, 5) is 15.6.